The lowest BCUT2D eigenvalue weighted by Crippen LogP contribution is -2.49. The highest BCUT2D eigenvalue weighted by molar-refractivity contribution is 7.89. The Balaban J connectivity index is 1.41. The molecule has 1 aliphatic heterocycles. The van der Waals surface area contributed by atoms with Gasteiger partial charge in [0.2, 0.25) is 21.9 Å². The second-order valence-electron chi connectivity index (χ2n) is 8.05. The number of nitrogens with zero attached hydrogens (tertiary/aromatic N) is 7. The summed E-state index contributed by atoms with van der Waals surface area (Å²) in [6.45, 7) is 2.60. The molecule has 0 radical (unpaired) electrons. The minimum Gasteiger partial charge on any atom is -0.338 e. The molecule has 0 spiro atoms. The normalized spacial score (nSPS) is 14.8. The average molecular weight is 527 g/mol. The first kappa shape index (κ1) is 24.0. The number of rotatable bonds is 6. The van der Waals surface area contributed by atoms with E-state index in [1.54, 1.807) is 43.6 Å². The van der Waals surface area contributed by atoms with Gasteiger partial charge in [-0.15, -0.1) is 11.3 Å². The lowest BCUT2D eigenvalue weighted by atomic mass is 10.3. The third-order valence-electron chi connectivity index (χ3n) is 5.72. The van der Waals surface area contributed by atoms with Crippen molar-refractivity contribution in [1.82, 2.24) is 28.8 Å². The Morgan fingerprint density at radius 2 is 1.75 bits per heavy atom. The summed E-state index contributed by atoms with van der Waals surface area (Å²) in [5.41, 5.74) is -0.588. The number of hydrogen-bond donors (Lipinski definition) is 1. The van der Waals surface area contributed by atoms with Gasteiger partial charge in [0.25, 0.3) is 5.56 Å². The molecule has 1 fully saturated rings. The second-order valence-corrected chi connectivity index (χ2v) is 11.1. The molecule has 36 heavy (non-hydrogen) atoms. The van der Waals surface area contributed by atoms with Crippen LogP contribution in [0.2, 0.25) is 0 Å². The number of aromatic nitrogens is 5. The standard InChI is InChI=1S/C22H22N8O4S2/c1-15-19(36(33,34)30-11-9-28(10-12-30)22-24-7-4-8-25-22)18-20(35-15)26-14-29(21(18)32)13-17(31)27-16-5-2-3-6-23-16/h2-8,14H,9-13H2,1H3,(H,23,27,31). The molecule has 186 valence electrons. The molecule has 0 aliphatic carbocycles. The van der Waals surface area contributed by atoms with Crippen molar-refractivity contribution in [2.24, 2.45) is 0 Å². The van der Waals surface area contributed by atoms with Crippen LogP contribution in [0.3, 0.4) is 0 Å². The molecule has 0 saturated carbocycles. The molecule has 14 heteroatoms. The van der Waals surface area contributed by atoms with Crippen LogP contribution < -0.4 is 15.8 Å². The summed E-state index contributed by atoms with van der Waals surface area (Å²) < 4.78 is 29.8. The van der Waals surface area contributed by atoms with E-state index in [2.05, 4.69) is 25.3 Å². The first-order chi connectivity index (χ1) is 17.3. The molecule has 5 rings (SSSR count). The maximum absolute atomic E-state index is 13.7. The molecule has 0 atom stereocenters. The van der Waals surface area contributed by atoms with Gasteiger partial charge in [-0.2, -0.15) is 4.31 Å². The first-order valence-corrected chi connectivity index (χ1v) is 13.3. The molecule has 1 aliphatic rings. The van der Waals surface area contributed by atoms with Gasteiger partial charge in [0.15, 0.2) is 0 Å². The number of anilines is 2. The SMILES string of the molecule is Cc1sc2ncn(CC(=O)Nc3ccccn3)c(=O)c2c1S(=O)(=O)N1CCN(c2ncccn2)CC1. The Bertz CT molecular complexity index is 1560. The van der Waals surface area contributed by atoms with Crippen LogP contribution in [0.25, 0.3) is 10.2 Å². The number of fused-ring (bicyclic) bond motifs is 1. The zero-order valence-corrected chi connectivity index (χ0v) is 20.9. The summed E-state index contributed by atoms with van der Waals surface area (Å²) in [5, 5.41) is 2.61. The van der Waals surface area contributed by atoms with Crippen LogP contribution in [0.1, 0.15) is 4.88 Å². The quantitative estimate of drug-likeness (QED) is 0.391. The average Bonchev–Trinajstić information content (AvgIpc) is 3.24. The third kappa shape index (κ3) is 4.57. The summed E-state index contributed by atoms with van der Waals surface area (Å²) in [4.78, 5) is 45.2. The zero-order valence-electron chi connectivity index (χ0n) is 19.2. The van der Waals surface area contributed by atoms with Crippen molar-refractivity contribution in [3.63, 3.8) is 0 Å². The van der Waals surface area contributed by atoms with Crippen LogP contribution in [-0.4, -0.2) is 69.3 Å². The monoisotopic (exact) mass is 526 g/mol. The number of sulfonamides is 1. The van der Waals surface area contributed by atoms with Gasteiger partial charge in [0.1, 0.15) is 22.1 Å². The van der Waals surface area contributed by atoms with Gasteiger partial charge in [0.05, 0.1) is 11.7 Å². The van der Waals surface area contributed by atoms with Gasteiger partial charge in [-0.25, -0.2) is 28.4 Å². The van der Waals surface area contributed by atoms with E-state index in [1.807, 2.05) is 4.90 Å². The molecule has 0 unspecified atom stereocenters. The molecule has 1 saturated heterocycles. The maximum Gasteiger partial charge on any atom is 0.263 e. The lowest BCUT2D eigenvalue weighted by molar-refractivity contribution is -0.116. The van der Waals surface area contributed by atoms with Crippen LogP contribution in [-0.2, 0) is 21.4 Å². The van der Waals surface area contributed by atoms with Crippen molar-refractivity contribution in [3.05, 3.63) is 64.4 Å². The summed E-state index contributed by atoms with van der Waals surface area (Å²) in [5.74, 6) is 0.412. The van der Waals surface area contributed by atoms with Crippen LogP contribution in [0.5, 0.6) is 0 Å². The third-order valence-corrected chi connectivity index (χ3v) is 8.93. The largest absolute Gasteiger partial charge is 0.338 e. The van der Waals surface area contributed by atoms with Gasteiger partial charge in [0, 0.05) is 49.6 Å². The van der Waals surface area contributed by atoms with Gasteiger partial charge in [-0.05, 0) is 25.1 Å². The van der Waals surface area contributed by atoms with Gasteiger partial charge in [-0.1, -0.05) is 6.07 Å². The number of amides is 1. The molecular weight excluding hydrogens is 504 g/mol. The predicted molar refractivity (Wildman–Crippen MR) is 134 cm³/mol. The van der Waals surface area contributed by atoms with Crippen molar-refractivity contribution in [1.29, 1.82) is 0 Å². The van der Waals surface area contributed by atoms with E-state index in [-0.39, 0.29) is 29.9 Å². The number of piperazine rings is 1. The molecule has 12 nitrogen and oxygen atoms in total. The topological polar surface area (TPSA) is 143 Å². The Morgan fingerprint density at radius 3 is 2.44 bits per heavy atom. The number of hydrogen-bond acceptors (Lipinski definition) is 10. The molecular formula is C22H22N8O4S2. The van der Waals surface area contributed by atoms with Crippen LogP contribution in [0, 0.1) is 6.92 Å². The summed E-state index contributed by atoms with van der Waals surface area (Å²) >= 11 is 1.14. The summed E-state index contributed by atoms with van der Waals surface area (Å²) in [6, 6.07) is 6.78. The molecule has 4 aromatic heterocycles. The minimum atomic E-state index is -3.99. The Hall–Kier alpha value is -3.75. The molecule has 0 aromatic carbocycles. The van der Waals surface area contributed by atoms with Crippen molar-refractivity contribution in [3.8, 4) is 0 Å². The molecule has 4 aromatic rings. The van der Waals surface area contributed by atoms with E-state index < -0.39 is 21.5 Å². The van der Waals surface area contributed by atoms with Crippen LogP contribution in [0.15, 0.2) is 58.9 Å². The van der Waals surface area contributed by atoms with Gasteiger partial charge >= 0.3 is 0 Å². The maximum atomic E-state index is 13.7. The number of pyridine rings is 1. The van der Waals surface area contributed by atoms with Gasteiger partial charge < -0.3 is 10.2 Å². The highest BCUT2D eigenvalue weighted by atomic mass is 32.2. The lowest BCUT2D eigenvalue weighted by Gasteiger charge is -2.33. The Labute approximate surface area is 210 Å². The zero-order chi connectivity index (χ0) is 25.3. The number of carbonyl (C=O) groups is 1. The fraction of sp³-hybridized carbons (Fsp3) is 0.273. The Kier molecular flexibility index (Phi) is 6.47. The highest BCUT2D eigenvalue weighted by Crippen LogP contribution is 2.33. The highest BCUT2D eigenvalue weighted by Gasteiger charge is 2.34. The second kappa shape index (κ2) is 9.72. The van der Waals surface area contributed by atoms with Crippen LogP contribution in [0.4, 0.5) is 11.8 Å². The number of carbonyl (C=O) groups excluding carboxylic acids is 1. The number of aryl methyl sites for hydroxylation is 1. The predicted octanol–water partition coefficient (Wildman–Crippen LogP) is 1.10. The van der Waals surface area contributed by atoms with Crippen molar-refractivity contribution in [2.45, 2.75) is 18.4 Å². The van der Waals surface area contributed by atoms with E-state index in [4.69, 9.17) is 0 Å². The fourth-order valence-corrected chi connectivity index (χ4v) is 7.11. The van der Waals surface area contributed by atoms with E-state index in [1.165, 1.54) is 16.8 Å². The Morgan fingerprint density at radius 1 is 1.03 bits per heavy atom. The van der Waals surface area contributed by atoms with E-state index in [9.17, 15) is 18.0 Å². The van der Waals surface area contributed by atoms with E-state index in [0.717, 1.165) is 15.9 Å². The number of thiophene rings is 1. The molecule has 0 bridgehead atoms. The van der Waals surface area contributed by atoms with Crippen molar-refractivity contribution < 1.29 is 13.2 Å². The minimum absolute atomic E-state index is 0.000501. The van der Waals surface area contributed by atoms with E-state index in [0.29, 0.717) is 34.6 Å². The fourth-order valence-electron chi connectivity index (χ4n) is 4.02. The van der Waals surface area contributed by atoms with Gasteiger partial charge in [-0.3, -0.25) is 14.2 Å². The van der Waals surface area contributed by atoms with Crippen molar-refractivity contribution in [2.75, 3.05) is 36.4 Å². The smallest absolute Gasteiger partial charge is 0.263 e. The first-order valence-electron chi connectivity index (χ1n) is 11.1. The summed E-state index contributed by atoms with van der Waals surface area (Å²) in [7, 11) is -3.99. The number of nitrogens with one attached hydrogen (secondary N) is 1. The molecule has 1 amide bonds. The van der Waals surface area contributed by atoms with Crippen LogP contribution >= 0.6 is 11.3 Å². The molecule has 1 N–H and O–H groups in total. The molecule has 5 heterocycles. The summed E-state index contributed by atoms with van der Waals surface area (Å²) in [6.07, 6.45) is 6.07. The van der Waals surface area contributed by atoms with Crippen molar-refractivity contribution >= 4 is 49.3 Å². The van der Waals surface area contributed by atoms with E-state index >= 15 is 0 Å².